The molecule has 3 rings (SSSR count). The third-order valence-corrected chi connectivity index (χ3v) is 4.75. The highest BCUT2D eigenvalue weighted by Gasteiger charge is 2.27. The maximum Gasteiger partial charge on any atom is 0.321 e. The van der Waals surface area contributed by atoms with Gasteiger partial charge in [-0.25, -0.2) is 4.79 Å². The van der Waals surface area contributed by atoms with Crippen LogP contribution in [-0.2, 0) is 11.3 Å². The molecular weight excluding hydrogens is 356 g/mol. The van der Waals surface area contributed by atoms with Gasteiger partial charge in [0.1, 0.15) is 5.75 Å². The van der Waals surface area contributed by atoms with Gasteiger partial charge in [0.25, 0.3) is 0 Å². The number of hydrogen-bond acceptors (Lipinski definition) is 5. The molecule has 1 heterocycles. The highest BCUT2D eigenvalue weighted by Crippen LogP contribution is 2.29. The van der Waals surface area contributed by atoms with Gasteiger partial charge in [0, 0.05) is 31.7 Å². The molecule has 1 atom stereocenters. The van der Waals surface area contributed by atoms with Crippen molar-refractivity contribution in [2.75, 3.05) is 33.3 Å². The molecule has 0 spiro atoms. The topological polar surface area (TPSA) is 82.7 Å². The Balaban J connectivity index is 1.56. The molecule has 148 valence electrons. The molecule has 1 aliphatic rings. The van der Waals surface area contributed by atoms with Crippen LogP contribution in [0.4, 0.5) is 4.79 Å². The summed E-state index contributed by atoms with van der Waals surface area (Å²) in [4.78, 5) is 26.5. The number of amides is 3. The Morgan fingerprint density at radius 2 is 1.89 bits per heavy atom. The molecule has 0 aliphatic carbocycles. The molecule has 3 amide bonds. The molecule has 1 unspecified atom stereocenters. The third kappa shape index (κ3) is 5.31. The summed E-state index contributed by atoms with van der Waals surface area (Å²) in [5, 5.41) is 8.48. The van der Waals surface area contributed by atoms with Crippen LogP contribution in [0.3, 0.4) is 0 Å². The summed E-state index contributed by atoms with van der Waals surface area (Å²) in [6.45, 7) is 2.73. The van der Waals surface area contributed by atoms with Crippen LogP contribution < -0.4 is 20.7 Å². The SMILES string of the molecule is COc1ccccc1C1CNCCN1CC(=O)NC(=O)NCc1ccccc1. The Morgan fingerprint density at radius 3 is 2.68 bits per heavy atom. The van der Waals surface area contributed by atoms with Gasteiger partial charge in [-0.1, -0.05) is 48.5 Å². The first-order valence-corrected chi connectivity index (χ1v) is 9.36. The smallest absolute Gasteiger partial charge is 0.321 e. The number of benzene rings is 2. The second kappa shape index (κ2) is 9.87. The van der Waals surface area contributed by atoms with Crippen molar-refractivity contribution < 1.29 is 14.3 Å². The Morgan fingerprint density at radius 1 is 1.14 bits per heavy atom. The molecule has 28 heavy (non-hydrogen) atoms. The highest BCUT2D eigenvalue weighted by atomic mass is 16.5. The first-order chi connectivity index (χ1) is 13.7. The van der Waals surface area contributed by atoms with Gasteiger partial charge in [0.15, 0.2) is 0 Å². The minimum atomic E-state index is -0.488. The van der Waals surface area contributed by atoms with Gasteiger partial charge in [-0.3, -0.25) is 15.0 Å². The van der Waals surface area contributed by atoms with Gasteiger partial charge in [0.05, 0.1) is 19.7 Å². The van der Waals surface area contributed by atoms with Crippen LogP contribution in [0.15, 0.2) is 54.6 Å². The lowest BCUT2D eigenvalue weighted by molar-refractivity contribution is -0.122. The van der Waals surface area contributed by atoms with E-state index >= 15 is 0 Å². The first kappa shape index (κ1) is 19.9. The van der Waals surface area contributed by atoms with Crippen molar-refractivity contribution in [2.24, 2.45) is 0 Å². The summed E-state index contributed by atoms with van der Waals surface area (Å²) in [6, 6.07) is 16.9. The molecule has 2 aromatic rings. The van der Waals surface area contributed by atoms with Gasteiger partial charge in [0.2, 0.25) is 5.91 Å². The number of carbonyl (C=O) groups excluding carboxylic acids is 2. The fraction of sp³-hybridized carbons (Fsp3) is 0.333. The summed E-state index contributed by atoms with van der Waals surface area (Å²) in [6.07, 6.45) is 0. The van der Waals surface area contributed by atoms with Gasteiger partial charge >= 0.3 is 6.03 Å². The highest BCUT2D eigenvalue weighted by molar-refractivity contribution is 5.95. The van der Waals surface area contributed by atoms with Gasteiger partial charge in [-0.05, 0) is 11.6 Å². The number of methoxy groups -OCH3 is 1. The molecule has 0 bridgehead atoms. The predicted molar refractivity (Wildman–Crippen MR) is 107 cm³/mol. The molecule has 7 nitrogen and oxygen atoms in total. The molecule has 1 aliphatic heterocycles. The third-order valence-electron chi connectivity index (χ3n) is 4.75. The van der Waals surface area contributed by atoms with E-state index in [0.717, 1.165) is 23.4 Å². The van der Waals surface area contributed by atoms with Crippen LogP contribution >= 0.6 is 0 Å². The number of urea groups is 1. The van der Waals surface area contributed by atoms with Crippen molar-refractivity contribution in [1.29, 1.82) is 0 Å². The fourth-order valence-electron chi connectivity index (χ4n) is 3.36. The lowest BCUT2D eigenvalue weighted by Gasteiger charge is -2.36. The number of imide groups is 1. The first-order valence-electron chi connectivity index (χ1n) is 9.36. The Labute approximate surface area is 165 Å². The molecule has 7 heteroatoms. The van der Waals surface area contributed by atoms with E-state index in [1.54, 1.807) is 7.11 Å². The molecule has 1 saturated heterocycles. The lowest BCUT2D eigenvalue weighted by Crippen LogP contribution is -2.51. The molecule has 0 aromatic heterocycles. The van der Waals surface area contributed by atoms with E-state index in [4.69, 9.17) is 4.74 Å². The molecule has 0 radical (unpaired) electrons. The Hall–Kier alpha value is -2.90. The number of para-hydroxylation sites is 1. The largest absolute Gasteiger partial charge is 0.496 e. The zero-order chi connectivity index (χ0) is 19.8. The molecule has 0 saturated carbocycles. The van der Waals surface area contributed by atoms with Crippen molar-refractivity contribution in [1.82, 2.24) is 20.9 Å². The van der Waals surface area contributed by atoms with Gasteiger partial charge in [-0.15, -0.1) is 0 Å². The Bertz CT molecular complexity index is 797. The summed E-state index contributed by atoms with van der Waals surface area (Å²) in [5.74, 6) is 0.467. The van der Waals surface area contributed by atoms with E-state index in [1.165, 1.54) is 0 Å². The van der Waals surface area contributed by atoms with E-state index in [9.17, 15) is 9.59 Å². The number of nitrogens with zero attached hydrogens (tertiary/aromatic N) is 1. The average Bonchev–Trinajstić information content (AvgIpc) is 2.73. The van der Waals surface area contributed by atoms with Gasteiger partial charge in [-0.2, -0.15) is 0 Å². The van der Waals surface area contributed by atoms with Crippen LogP contribution in [0.1, 0.15) is 17.2 Å². The standard InChI is InChI=1S/C21H26N4O3/c1-28-19-10-6-5-9-17(19)18-14-22-11-12-25(18)15-20(26)24-21(27)23-13-16-7-3-2-4-8-16/h2-10,18,22H,11-15H2,1H3,(H2,23,24,26,27). The molecule has 1 fully saturated rings. The molecule has 3 N–H and O–H groups in total. The van der Waals surface area contributed by atoms with Crippen molar-refractivity contribution in [3.05, 3.63) is 65.7 Å². The monoisotopic (exact) mass is 382 g/mol. The maximum atomic E-state index is 12.4. The quantitative estimate of drug-likeness (QED) is 0.708. The summed E-state index contributed by atoms with van der Waals surface area (Å²) in [5.41, 5.74) is 2.00. The van der Waals surface area contributed by atoms with Crippen LogP contribution in [-0.4, -0.2) is 50.1 Å². The van der Waals surface area contributed by atoms with Crippen LogP contribution in [0.25, 0.3) is 0 Å². The van der Waals surface area contributed by atoms with Crippen molar-refractivity contribution in [3.8, 4) is 5.75 Å². The van der Waals surface area contributed by atoms with E-state index < -0.39 is 6.03 Å². The molecular formula is C21H26N4O3. The van der Waals surface area contributed by atoms with Crippen molar-refractivity contribution in [3.63, 3.8) is 0 Å². The predicted octanol–water partition coefficient (Wildman–Crippen LogP) is 1.67. The number of rotatable bonds is 6. The number of nitrogens with one attached hydrogen (secondary N) is 3. The summed E-state index contributed by atoms with van der Waals surface area (Å²) < 4.78 is 5.47. The second-order valence-corrected chi connectivity index (χ2v) is 6.65. The van der Waals surface area contributed by atoms with Crippen molar-refractivity contribution >= 4 is 11.9 Å². The fourth-order valence-corrected chi connectivity index (χ4v) is 3.36. The normalized spacial score (nSPS) is 17.0. The van der Waals surface area contributed by atoms with Crippen molar-refractivity contribution in [2.45, 2.75) is 12.6 Å². The zero-order valence-electron chi connectivity index (χ0n) is 16.0. The number of hydrogen-bond donors (Lipinski definition) is 3. The van der Waals surface area contributed by atoms with Crippen LogP contribution in [0.2, 0.25) is 0 Å². The second-order valence-electron chi connectivity index (χ2n) is 6.65. The van der Waals surface area contributed by atoms with E-state index in [-0.39, 0.29) is 18.5 Å². The van der Waals surface area contributed by atoms with Crippen LogP contribution in [0.5, 0.6) is 5.75 Å². The minimum Gasteiger partial charge on any atom is -0.496 e. The Kier molecular flexibility index (Phi) is 7.00. The summed E-state index contributed by atoms with van der Waals surface area (Å²) >= 11 is 0. The van der Waals surface area contributed by atoms with Gasteiger partial charge < -0.3 is 15.4 Å². The average molecular weight is 382 g/mol. The van der Waals surface area contributed by atoms with E-state index in [2.05, 4.69) is 20.9 Å². The number of piperazine rings is 1. The van der Waals surface area contributed by atoms with E-state index in [0.29, 0.717) is 19.6 Å². The zero-order valence-corrected chi connectivity index (χ0v) is 16.0. The minimum absolute atomic E-state index is 0.00281. The lowest BCUT2D eigenvalue weighted by atomic mass is 10.0. The van der Waals surface area contributed by atoms with E-state index in [1.807, 2.05) is 54.6 Å². The van der Waals surface area contributed by atoms with Crippen LogP contribution in [0, 0.1) is 0 Å². The number of ether oxygens (including phenoxy) is 1. The number of carbonyl (C=O) groups is 2. The maximum absolute atomic E-state index is 12.4. The molecule has 2 aromatic carbocycles. The summed E-state index contributed by atoms with van der Waals surface area (Å²) in [7, 11) is 1.64.